The van der Waals surface area contributed by atoms with Gasteiger partial charge in [0.15, 0.2) is 0 Å². The van der Waals surface area contributed by atoms with Gasteiger partial charge in [0.2, 0.25) is 0 Å². The third-order valence-corrected chi connectivity index (χ3v) is 3.81. The van der Waals surface area contributed by atoms with Gasteiger partial charge < -0.3 is 14.9 Å². The van der Waals surface area contributed by atoms with Gasteiger partial charge in [-0.25, -0.2) is 0 Å². The van der Waals surface area contributed by atoms with Gasteiger partial charge in [-0.3, -0.25) is 4.90 Å². The van der Waals surface area contributed by atoms with E-state index in [0.717, 1.165) is 19.0 Å². The lowest BCUT2D eigenvalue weighted by molar-refractivity contribution is 0.0120. The van der Waals surface area contributed by atoms with E-state index in [0.29, 0.717) is 12.6 Å². The third kappa shape index (κ3) is 4.54. The van der Waals surface area contributed by atoms with Gasteiger partial charge in [-0.05, 0) is 25.7 Å². The molecule has 1 fully saturated rings. The molecule has 0 heterocycles. The molecule has 0 aromatic heterocycles. The molecule has 1 unspecified atom stereocenters. The van der Waals surface area contributed by atoms with E-state index in [1.165, 1.54) is 12.8 Å². The van der Waals surface area contributed by atoms with Crippen LogP contribution in [0.3, 0.4) is 0 Å². The van der Waals surface area contributed by atoms with Gasteiger partial charge in [0.05, 0.1) is 19.8 Å². The lowest BCUT2D eigenvalue weighted by Crippen LogP contribution is -2.46. The van der Waals surface area contributed by atoms with Gasteiger partial charge in [0.25, 0.3) is 0 Å². The van der Waals surface area contributed by atoms with Crippen LogP contribution in [-0.4, -0.2) is 61.2 Å². The van der Waals surface area contributed by atoms with Gasteiger partial charge in [0.1, 0.15) is 0 Å². The first-order chi connectivity index (χ1) is 8.06. The van der Waals surface area contributed by atoms with Crippen LogP contribution in [0.1, 0.15) is 26.7 Å². The Morgan fingerprint density at radius 2 is 1.94 bits per heavy atom. The Balaban J connectivity index is 2.54. The van der Waals surface area contributed by atoms with E-state index in [9.17, 15) is 10.2 Å². The van der Waals surface area contributed by atoms with Crippen molar-refractivity contribution in [2.24, 2.45) is 11.3 Å². The number of hydrogen-bond acceptors (Lipinski definition) is 4. The molecule has 1 rings (SSSR count). The summed E-state index contributed by atoms with van der Waals surface area (Å²) in [5.74, 6) is 0.786. The molecule has 0 bridgehead atoms. The molecule has 2 N–H and O–H groups in total. The Kier molecular flexibility index (Phi) is 5.86. The predicted molar refractivity (Wildman–Crippen MR) is 67.9 cm³/mol. The van der Waals surface area contributed by atoms with Crippen molar-refractivity contribution < 1.29 is 14.9 Å². The molecule has 0 saturated heterocycles. The summed E-state index contributed by atoms with van der Waals surface area (Å²) in [6.07, 6.45) is 2.61. The molecule has 0 spiro atoms. The first-order valence-electron chi connectivity index (χ1n) is 6.51. The van der Waals surface area contributed by atoms with Crippen LogP contribution in [0.15, 0.2) is 0 Å². The predicted octanol–water partition coefficient (Wildman–Crippen LogP) is 0.724. The highest BCUT2D eigenvalue weighted by atomic mass is 16.5. The fourth-order valence-corrected chi connectivity index (χ4v) is 2.15. The zero-order chi connectivity index (χ0) is 12.9. The van der Waals surface area contributed by atoms with Crippen LogP contribution in [-0.2, 0) is 4.74 Å². The van der Waals surface area contributed by atoms with E-state index in [-0.39, 0.29) is 13.2 Å². The molecule has 0 aliphatic heterocycles. The highest BCUT2D eigenvalue weighted by Crippen LogP contribution is 2.36. The van der Waals surface area contributed by atoms with Crippen molar-refractivity contribution in [2.75, 3.05) is 40.0 Å². The molecule has 17 heavy (non-hydrogen) atoms. The summed E-state index contributed by atoms with van der Waals surface area (Å²) >= 11 is 0. The van der Waals surface area contributed by atoms with E-state index >= 15 is 0 Å². The molecule has 1 aliphatic rings. The Morgan fingerprint density at radius 1 is 1.35 bits per heavy atom. The molecule has 1 aliphatic carbocycles. The Morgan fingerprint density at radius 3 is 2.35 bits per heavy atom. The van der Waals surface area contributed by atoms with Crippen molar-refractivity contribution in [3.63, 3.8) is 0 Å². The molecule has 0 aromatic carbocycles. The number of aliphatic hydroxyl groups excluding tert-OH is 2. The second-order valence-corrected chi connectivity index (χ2v) is 5.67. The van der Waals surface area contributed by atoms with Gasteiger partial charge in [-0.15, -0.1) is 0 Å². The molecule has 1 saturated carbocycles. The lowest BCUT2D eigenvalue weighted by atomic mass is 9.91. The van der Waals surface area contributed by atoms with Gasteiger partial charge >= 0.3 is 0 Å². The van der Waals surface area contributed by atoms with Crippen LogP contribution in [0.2, 0.25) is 0 Å². The number of nitrogens with zero attached hydrogens (tertiary/aromatic N) is 1. The molecule has 102 valence electrons. The number of methoxy groups -OCH3 is 1. The zero-order valence-electron chi connectivity index (χ0n) is 11.4. The maximum Gasteiger partial charge on any atom is 0.0589 e. The fraction of sp³-hybridized carbons (Fsp3) is 1.00. The largest absolute Gasteiger partial charge is 0.396 e. The van der Waals surface area contributed by atoms with Gasteiger partial charge in [-0.2, -0.15) is 0 Å². The minimum absolute atomic E-state index is 0.0182. The highest BCUT2D eigenvalue weighted by Gasteiger charge is 2.35. The molecule has 1 atom stereocenters. The topological polar surface area (TPSA) is 52.9 Å². The first kappa shape index (κ1) is 14.9. The average molecular weight is 245 g/mol. The van der Waals surface area contributed by atoms with Crippen LogP contribution in [0.4, 0.5) is 0 Å². The van der Waals surface area contributed by atoms with Crippen LogP contribution in [0.25, 0.3) is 0 Å². The number of ether oxygens (including phenoxy) is 1. The second kappa shape index (κ2) is 6.69. The standard InChI is InChI=1S/C13H27NO3/c1-11(12-4-5-12)14(6-7-17-3)8-13(2,9-15)10-16/h11-12,15-16H,4-10H2,1-3H3. The molecule has 0 radical (unpaired) electrons. The third-order valence-electron chi connectivity index (χ3n) is 3.81. The summed E-state index contributed by atoms with van der Waals surface area (Å²) in [7, 11) is 1.71. The highest BCUT2D eigenvalue weighted by molar-refractivity contribution is 4.88. The maximum absolute atomic E-state index is 9.38. The maximum atomic E-state index is 9.38. The number of hydrogen-bond donors (Lipinski definition) is 2. The Labute approximate surface area is 105 Å². The Bertz CT molecular complexity index is 215. The summed E-state index contributed by atoms with van der Waals surface area (Å²) in [5, 5.41) is 18.8. The summed E-state index contributed by atoms with van der Waals surface area (Å²) in [6.45, 7) is 6.48. The van der Waals surface area contributed by atoms with Crippen LogP contribution in [0.5, 0.6) is 0 Å². The van der Waals surface area contributed by atoms with E-state index in [1.807, 2.05) is 6.92 Å². The minimum atomic E-state index is -0.420. The smallest absolute Gasteiger partial charge is 0.0589 e. The molecular weight excluding hydrogens is 218 g/mol. The molecule has 4 nitrogen and oxygen atoms in total. The SMILES string of the molecule is COCCN(CC(C)(CO)CO)C(C)C1CC1. The molecule has 4 heteroatoms. The summed E-state index contributed by atoms with van der Waals surface area (Å²) in [4.78, 5) is 2.34. The monoisotopic (exact) mass is 245 g/mol. The second-order valence-electron chi connectivity index (χ2n) is 5.67. The quantitative estimate of drug-likeness (QED) is 0.628. The molecular formula is C13H27NO3. The lowest BCUT2D eigenvalue weighted by Gasteiger charge is -2.36. The van der Waals surface area contributed by atoms with E-state index in [2.05, 4.69) is 11.8 Å². The van der Waals surface area contributed by atoms with Crippen LogP contribution < -0.4 is 0 Å². The number of rotatable bonds is 9. The molecule has 0 aromatic rings. The van der Waals surface area contributed by atoms with Crippen molar-refractivity contribution in [3.8, 4) is 0 Å². The van der Waals surface area contributed by atoms with E-state index in [4.69, 9.17) is 4.74 Å². The van der Waals surface area contributed by atoms with Crippen molar-refractivity contribution in [2.45, 2.75) is 32.7 Å². The van der Waals surface area contributed by atoms with Gasteiger partial charge in [-0.1, -0.05) is 6.92 Å². The van der Waals surface area contributed by atoms with Gasteiger partial charge in [0, 0.05) is 31.7 Å². The fourth-order valence-electron chi connectivity index (χ4n) is 2.15. The van der Waals surface area contributed by atoms with Crippen molar-refractivity contribution >= 4 is 0 Å². The van der Waals surface area contributed by atoms with E-state index in [1.54, 1.807) is 7.11 Å². The first-order valence-corrected chi connectivity index (χ1v) is 6.51. The number of aliphatic hydroxyl groups is 2. The summed E-state index contributed by atoms with van der Waals surface area (Å²) in [6, 6.07) is 0.516. The van der Waals surface area contributed by atoms with Crippen LogP contribution in [0, 0.1) is 11.3 Å². The zero-order valence-corrected chi connectivity index (χ0v) is 11.4. The molecule has 0 amide bonds. The summed E-state index contributed by atoms with van der Waals surface area (Å²) in [5.41, 5.74) is -0.420. The average Bonchev–Trinajstić information content (AvgIpc) is 3.17. The van der Waals surface area contributed by atoms with Crippen molar-refractivity contribution in [1.29, 1.82) is 0 Å². The Hall–Kier alpha value is -0.160. The summed E-state index contributed by atoms with van der Waals surface area (Å²) < 4.78 is 5.14. The van der Waals surface area contributed by atoms with Crippen molar-refractivity contribution in [3.05, 3.63) is 0 Å². The van der Waals surface area contributed by atoms with E-state index < -0.39 is 5.41 Å². The normalized spacial score (nSPS) is 18.7. The minimum Gasteiger partial charge on any atom is -0.396 e. The van der Waals surface area contributed by atoms with Crippen LogP contribution >= 0.6 is 0 Å². The van der Waals surface area contributed by atoms with Crippen molar-refractivity contribution in [1.82, 2.24) is 4.90 Å².